The van der Waals surface area contributed by atoms with Crippen molar-refractivity contribution in [1.82, 2.24) is 14.8 Å². The van der Waals surface area contributed by atoms with E-state index in [-0.39, 0.29) is 13.0 Å². The van der Waals surface area contributed by atoms with Crippen molar-refractivity contribution in [3.63, 3.8) is 0 Å². The quantitative estimate of drug-likeness (QED) is 0.667. The average molecular weight is 378 g/mol. The van der Waals surface area contributed by atoms with E-state index in [2.05, 4.69) is 15.4 Å². The van der Waals surface area contributed by atoms with Crippen LogP contribution >= 0.6 is 0 Å². The molecular weight excluding hydrogens is 356 g/mol. The van der Waals surface area contributed by atoms with Gasteiger partial charge in [-0.05, 0) is 44.5 Å². The number of aromatic nitrogens is 3. The van der Waals surface area contributed by atoms with Gasteiger partial charge in [0.05, 0.1) is 17.8 Å². The highest BCUT2D eigenvalue weighted by Gasteiger charge is 2.13. The molecule has 7 nitrogen and oxygen atoms in total. The predicted molar refractivity (Wildman–Crippen MR) is 105 cm³/mol. The molecule has 0 aliphatic rings. The molecule has 2 aromatic heterocycles. The number of carbonyl (C=O) groups excluding carboxylic acids is 2. The Bertz CT molecular complexity index is 976. The number of aryl methyl sites for hydroxylation is 3. The zero-order valence-electron chi connectivity index (χ0n) is 16.1. The minimum absolute atomic E-state index is 0.0704. The standard InChI is InChI=1S/C21H22N4O3/c1-14-4-8-18(9-5-14)25-19(10-16(3)24-25)23-20(26)13-28-21(27)11-17-7-6-15(2)22-12-17/h4-10,12H,11,13H2,1-3H3,(H,23,26). The van der Waals surface area contributed by atoms with Gasteiger partial charge in [-0.2, -0.15) is 5.10 Å². The van der Waals surface area contributed by atoms with Crippen molar-refractivity contribution >= 4 is 17.7 Å². The largest absolute Gasteiger partial charge is 0.455 e. The van der Waals surface area contributed by atoms with Gasteiger partial charge in [0.25, 0.3) is 5.91 Å². The van der Waals surface area contributed by atoms with Crippen molar-refractivity contribution in [3.8, 4) is 5.69 Å². The van der Waals surface area contributed by atoms with Crippen molar-refractivity contribution in [2.75, 3.05) is 11.9 Å². The number of rotatable bonds is 6. The molecule has 1 N–H and O–H groups in total. The number of hydrogen-bond donors (Lipinski definition) is 1. The van der Waals surface area contributed by atoms with Crippen molar-refractivity contribution in [3.05, 3.63) is 71.2 Å². The number of nitrogens with one attached hydrogen (secondary N) is 1. The summed E-state index contributed by atoms with van der Waals surface area (Å²) in [5.41, 5.74) is 4.34. The first kappa shape index (κ1) is 19.3. The van der Waals surface area contributed by atoms with Crippen LogP contribution in [0.15, 0.2) is 48.7 Å². The molecule has 28 heavy (non-hydrogen) atoms. The van der Waals surface area contributed by atoms with Gasteiger partial charge >= 0.3 is 5.97 Å². The first-order valence-electron chi connectivity index (χ1n) is 8.91. The minimum atomic E-state index is -0.482. The van der Waals surface area contributed by atoms with Crippen LogP contribution in [0.25, 0.3) is 5.69 Å². The first-order valence-corrected chi connectivity index (χ1v) is 8.91. The van der Waals surface area contributed by atoms with Crippen molar-refractivity contribution in [1.29, 1.82) is 0 Å². The van der Waals surface area contributed by atoms with E-state index < -0.39 is 11.9 Å². The molecule has 1 aromatic carbocycles. The molecule has 0 bridgehead atoms. The maximum absolute atomic E-state index is 12.2. The van der Waals surface area contributed by atoms with Gasteiger partial charge in [0.2, 0.25) is 0 Å². The summed E-state index contributed by atoms with van der Waals surface area (Å²) in [6.07, 6.45) is 1.69. The summed E-state index contributed by atoms with van der Waals surface area (Å²) in [4.78, 5) is 28.3. The Balaban J connectivity index is 1.58. The molecule has 0 atom stereocenters. The fraction of sp³-hybridized carbons (Fsp3) is 0.238. The summed E-state index contributed by atoms with van der Waals surface area (Å²) >= 11 is 0. The fourth-order valence-electron chi connectivity index (χ4n) is 2.62. The molecule has 3 aromatic rings. The highest BCUT2D eigenvalue weighted by atomic mass is 16.5. The molecule has 0 aliphatic heterocycles. The van der Waals surface area contributed by atoms with Crippen molar-refractivity contribution in [2.24, 2.45) is 0 Å². The van der Waals surface area contributed by atoms with Crippen molar-refractivity contribution in [2.45, 2.75) is 27.2 Å². The molecule has 3 rings (SSSR count). The molecule has 0 radical (unpaired) electrons. The number of esters is 1. The van der Waals surface area contributed by atoms with Crippen LogP contribution in [-0.2, 0) is 20.7 Å². The third-order valence-corrected chi connectivity index (χ3v) is 4.06. The number of amides is 1. The Hall–Kier alpha value is -3.48. The van der Waals surface area contributed by atoms with Crippen LogP contribution in [0, 0.1) is 20.8 Å². The Morgan fingerprint density at radius 2 is 1.79 bits per heavy atom. The minimum Gasteiger partial charge on any atom is -0.455 e. The van der Waals surface area contributed by atoms with E-state index >= 15 is 0 Å². The highest BCUT2D eigenvalue weighted by molar-refractivity contribution is 5.92. The zero-order valence-corrected chi connectivity index (χ0v) is 16.1. The Morgan fingerprint density at radius 3 is 2.46 bits per heavy atom. The Morgan fingerprint density at radius 1 is 1.04 bits per heavy atom. The van der Waals surface area contributed by atoms with Gasteiger partial charge in [0, 0.05) is 18.0 Å². The molecule has 0 unspecified atom stereocenters. The second-order valence-electron chi connectivity index (χ2n) is 6.61. The number of benzene rings is 1. The van der Waals surface area contributed by atoms with E-state index in [4.69, 9.17) is 4.74 Å². The number of hydrogen-bond acceptors (Lipinski definition) is 5. The number of pyridine rings is 1. The molecule has 2 heterocycles. The maximum Gasteiger partial charge on any atom is 0.310 e. The Labute approximate surface area is 163 Å². The number of nitrogens with zero attached hydrogens (tertiary/aromatic N) is 3. The molecule has 144 valence electrons. The van der Waals surface area contributed by atoms with Gasteiger partial charge in [-0.3, -0.25) is 14.6 Å². The van der Waals surface area contributed by atoms with E-state index in [1.165, 1.54) is 0 Å². The van der Waals surface area contributed by atoms with Gasteiger partial charge < -0.3 is 10.1 Å². The number of carbonyl (C=O) groups is 2. The summed E-state index contributed by atoms with van der Waals surface area (Å²) in [6.45, 7) is 5.35. The van der Waals surface area contributed by atoms with Gasteiger partial charge in [0.15, 0.2) is 6.61 Å². The summed E-state index contributed by atoms with van der Waals surface area (Å²) in [6, 6.07) is 13.2. The topological polar surface area (TPSA) is 86.1 Å². The average Bonchev–Trinajstić information content (AvgIpc) is 3.02. The molecule has 0 fully saturated rings. The predicted octanol–water partition coefficient (Wildman–Crippen LogP) is 2.92. The van der Waals surface area contributed by atoms with Gasteiger partial charge in [-0.15, -0.1) is 0 Å². The van der Waals surface area contributed by atoms with Crippen LogP contribution in [0.5, 0.6) is 0 Å². The van der Waals surface area contributed by atoms with Gasteiger partial charge in [-0.1, -0.05) is 23.8 Å². The summed E-state index contributed by atoms with van der Waals surface area (Å²) in [7, 11) is 0. The fourth-order valence-corrected chi connectivity index (χ4v) is 2.62. The van der Waals surface area contributed by atoms with Crippen LogP contribution in [0.4, 0.5) is 5.82 Å². The summed E-state index contributed by atoms with van der Waals surface area (Å²) in [5, 5.41) is 7.15. The van der Waals surface area contributed by atoms with Crippen LogP contribution in [0.3, 0.4) is 0 Å². The van der Waals surface area contributed by atoms with Crippen LogP contribution < -0.4 is 5.32 Å². The maximum atomic E-state index is 12.2. The van der Waals surface area contributed by atoms with Crippen LogP contribution in [0.1, 0.15) is 22.5 Å². The normalized spacial score (nSPS) is 10.5. The van der Waals surface area contributed by atoms with E-state index in [1.54, 1.807) is 16.9 Å². The third-order valence-electron chi connectivity index (χ3n) is 4.06. The molecule has 7 heteroatoms. The number of anilines is 1. The Kier molecular flexibility index (Phi) is 5.84. The molecular formula is C21H22N4O3. The van der Waals surface area contributed by atoms with Crippen molar-refractivity contribution < 1.29 is 14.3 Å². The lowest BCUT2D eigenvalue weighted by atomic mass is 10.2. The summed E-state index contributed by atoms with van der Waals surface area (Å²) in [5.74, 6) is -0.391. The second-order valence-corrected chi connectivity index (χ2v) is 6.61. The first-order chi connectivity index (χ1) is 13.4. The third kappa shape index (κ3) is 5.03. The molecule has 0 saturated carbocycles. The lowest BCUT2D eigenvalue weighted by Crippen LogP contribution is -2.23. The lowest BCUT2D eigenvalue weighted by molar-refractivity contribution is -0.146. The second kappa shape index (κ2) is 8.47. The highest BCUT2D eigenvalue weighted by Crippen LogP contribution is 2.17. The SMILES string of the molecule is Cc1ccc(-n2nc(C)cc2NC(=O)COC(=O)Cc2ccc(C)nc2)cc1. The van der Waals surface area contributed by atoms with Gasteiger partial charge in [-0.25, -0.2) is 4.68 Å². The van der Waals surface area contributed by atoms with Crippen LogP contribution in [0.2, 0.25) is 0 Å². The molecule has 0 spiro atoms. The van der Waals surface area contributed by atoms with Crippen LogP contribution in [-0.4, -0.2) is 33.2 Å². The van der Waals surface area contributed by atoms with E-state index in [1.807, 2.05) is 57.2 Å². The lowest BCUT2D eigenvalue weighted by Gasteiger charge is -2.10. The van der Waals surface area contributed by atoms with E-state index in [0.29, 0.717) is 5.82 Å². The molecule has 0 aliphatic carbocycles. The number of ether oxygens (including phenoxy) is 1. The monoisotopic (exact) mass is 378 g/mol. The van der Waals surface area contributed by atoms with E-state index in [0.717, 1.165) is 28.2 Å². The molecule has 1 amide bonds. The zero-order chi connectivity index (χ0) is 20.1. The van der Waals surface area contributed by atoms with E-state index in [9.17, 15) is 9.59 Å². The summed E-state index contributed by atoms with van der Waals surface area (Å²) < 4.78 is 6.72. The van der Waals surface area contributed by atoms with Gasteiger partial charge in [0.1, 0.15) is 5.82 Å². The smallest absolute Gasteiger partial charge is 0.310 e. The molecule has 0 saturated heterocycles.